The normalized spacial score (nSPS) is 24.4. The van der Waals surface area contributed by atoms with E-state index in [9.17, 15) is 14.4 Å². The molecular weight excluding hydrogens is 436 g/mol. The van der Waals surface area contributed by atoms with E-state index >= 15 is 0 Å². The molecule has 1 fully saturated rings. The van der Waals surface area contributed by atoms with E-state index in [-0.39, 0.29) is 42.3 Å². The van der Waals surface area contributed by atoms with Crippen LogP contribution in [0.15, 0.2) is 30.3 Å². The molecule has 4 rings (SSSR count). The maximum absolute atomic E-state index is 13.7. The van der Waals surface area contributed by atoms with Gasteiger partial charge in [-0.25, -0.2) is 4.79 Å². The Hall–Kier alpha value is -3.36. The first-order valence-electron chi connectivity index (χ1n) is 11.7. The molecule has 9 heteroatoms. The zero-order valence-electron chi connectivity index (χ0n) is 20.2. The van der Waals surface area contributed by atoms with Gasteiger partial charge >= 0.3 is 5.97 Å². The molecule has 1 aromatic heterocycles. The summed E-state index contributed by atoms with van der Waals surface area (Å²) >= 11 is 0. The fourth-order valence-corrected chi connectivity index (χ4v) is 4.84. The summed E-state index contributed by atoms with van der Waals surface area (Å²) in [7, 11) is 2.84. The molecule has 1 aliphatic heterocycles. The van der Waals surface area contributed by atoms with E-state index < -0.39 is 11.5 Å². The topological polar surface area (TPSA) is 103 Å². The Morgan fingerprint density at radius 3 is 2.56 bits per heavy atom. The molecule has 182 valence electrons. The van der Waals surface area contributed by atoms with Crippen molar-refractivity contribution in [3.05, 3.63) is 47.3 Å². The van der Waals surface area contributed by atoms with Gasteiger partial charge in [0.15, 0.2) is 5.69 Å². The molecule has 0 radical (unpaired) electrons. The number of para-hydroxylation sites is 1. The molecule has 2 aromatic rings. The van der Waals surface area contributed by atoms with Gasteiger partial charge in [-0.2, -0.15) is 5.10 Å². The second-order valence-electron chi connectivity index (χ2n) is 9.47. The van der Waals surface area contributed by atoms with E-state index in [2.05, 4.69) is 17.3 Å². The highest BCUT2D eigenvalue weighted by atomic mass is 16.5. The number of amides is 2. The van der Waals surface area contributed by atoms with E-state index in [1.54, 1.807) is 18.9 Å². The Morgan fingerprint density at radius 1 is 1.18 bits per heavy atom. The molecular formula is C25H32N4O5. The summed E-state index contributed by atoms with van der Waals surface area (Å²) < 4.78 is 11.7. The van der Waals surface area contributed by atoms with Crippen LogP contribution in [0.2, 0.25) is 0 Å². The van der Waals surface area contributed by atoms with Gasteiger partial charge in [-0.3, -0.25) is 14.3 Å². The summed E-state index contributed by atoms with van der Waals surface area (Å²) in [5.41, 5.74) is -0.154. The highest BCUT2D eigenvalue weighted by Crippen LogP contribution is 2.32. The van der Waals surface area contributed by atoms with Gasteiger partial charge in [-0.05, 0) is 44.6 Å². The third-order valence-electron chi connectivity index (χ3n) is 7.05. The van der Waals surface area contributed by atoms with Crippen LogP contribution in [0, 0.1) is 5.92 Å². The fraction of sp³-hybridized carbons (Fsp3) is 0.520. The number of hydrogen-bond acceptors (Lipinski definition) is 6. The number of carbonyl (C=O) groups is 3. The average Bonchev–Trinajstić information content (AvgIpc) is 3.26. The second kappa shape index (κ2) is 9.48. The van der Waals surface area contributed by atoms with Crippen LogP contribution in [-0.2, 0) is 22.6 Å². The molecule has 1 unspecified atom stereocenters. The molecule has 0 saturated heterocycles. The number of fused-ring (bicyclic) bond motifs is 1. The molecule has 0 spiro atoms. The monoisotopic (exact) mass is 468 g/mol. The minimum absolute atomic E-state index is 0.0361. The number of hydrogen-bond donors (Lipinski definition) is 1. The molecule has 2 amide bonds. The maximum Gasteiger partial charge on any atom is 0.358 e. The summed E-state index contributed by atoms with van der Waals surface area (Å²) in [4.78, 5) is 41.0. The highest BCUT2D eigenvalue weighted by molar-refractivity contribution is 6.01. The second-order valence-corrected chi connectivity index (χ2v) is 9.47. The van der Waals surface area contributed by atoms with E-state index in [0.717, 1.165) is 31.2 Å². The third kappa shape index (κ3) is 4.38. The third-order valence-corrected chi connectivity index (χ3v) is 7.05. The molecule has 1 saturated carbocycles. The zero-order chi connectivity index (χ0) is 24.5. The van der Waals surface area contributed by atoms with E-state index in [4.69, 9.17) is 9.47 Å². The molecule has 2 heterocycles. The Morgan fingerprint density at radius 2 is 1.88 bits per heavy atom. The Bertz CT molecular complexity index is 1090. The van der Waals surface area contributed by atoms with Crippen LogP contribution >= 0.6 is 0 Å². The van der Waals surface area contributed by atoms with Crippen LogP contribution in [0.5, 0.6) is 5.75 Å². The summed E-state index contributed by atoms with van der Waals surface area (Å²) in [5.74, 6) is 0.0540. The maximum atomic E-state index is 13.7. The number of benzene rings is 1. The van der Waals surface area contributed by atoms with Gasteiger partial charge in [0.2, 0.25) is 5.91 Å². The van der Waals surface area contributed by atoms with Gasteiger partial charge in [0.05, 0.1) is 27.3 Å². The fourth-order valence-electron chi connectivity index (χ4n) is 4.84. The van der Waals surface area contributed by atoms with Crippen molar-refractivity contribution in [3.63, 3.8) is 0 Å². The Labute approximate surface area is 199 Å². The predicted molar refractivity (Wildman–Crippen MR) is 124 cm³/mol. The standard InChI is InChI=1S/C25H32N4O5/c1-16-9-11-18(12-10-16)26-24(32)25(2)15-29-20(13-19(27-29)23(31)34-4)22(30)28(25)14-17-7-5-6-8-21(17)33-3/h5-8,13,16,18H,9-12,14-15H2,1-4H3,(H,26,32). The van der Waals surface area contributed by atoms with Crippen LogP contribution in [0.4, 0.5) is 0 Å². The van der Waals surface area contributed by atoms with Crippen molar-refractivity contribution >= 4 is 17.8 Å². The quantitative estimate of drug-likeness (QED) is 0.654. The van der Waals surface area contributed by atoms with E-state index in [1.165, 1.54) is 17.9 Å². The zero-order valence-corrected chi connectivity index (χ0v) is 20.2. The number of nitrogens with zero attached hydrogens (tertiary/aromatic N) is 3. The van der Waals surface area contributed by atoms with Crippen molar-refractivity contribution in [1.82, 2.24) is 20.0 Å². The Kier molecular flexibility index (Phi) is 6.63. The van der Waals surface area contributed by atoms with Gasteiger partial charge in [-0.1, -0.05) is 25.1 Å². The van der Waals surface area contributed by atoms with Crippen LogP contribution < -0.4 is 10.1 Å². The largest absolute Gasteiger partial charge is 0.496 e. The summed E-state index contributed by atoms with van der Waals surface area (Å²) in [6, 6.07) is 8.92. The van der Waals surface area contributed by atoms with Crippen LogP contribution in [0.25, 0.3) is 0 Å². The first kappa shape index (κ1) is 23.8. The van der Waals surface area contributed by atoms with Crippen LogP contribution in [-0.4, -0.2) is 58.3 Å². The van der Waals surface area contributed by atoms with Gasteiger partial charge in [0.1, 0.15) is 17.0 Å². The number of esters is 1. The van der Waals surface area contributed by atoms with E-state index in [1.807, 2.05) is 24.3 Å². The molecule has 1 aromatic carbocycles. The Balaban J connectivity index is 1.69. The summed E-state index contributed by atoms with van der Waals surface area (Å²) in [6.07, 6.45) is 3.97. The van der Waals surface area contributed by atoms with Crippen molar-refractivity contribution < 1.29 is 23.9 Å². The molecule has 2 aliphatic rings. The average molecular weight is 469 g/mol. The van der Waals surface area contributed by atoms with Crippen molar-refractivity contribution in [1.29, 1.82) is 0 Å². The smallest absolute Gasteiger partial charge is 0.358 e. The van der Waals surface area contributed by atoms with Gasteiger partial charge < -0.3 is 19.7 Å². The molecule has 1 N–H and O–H groups in total. The number of aromatic nitrogens is 2. The highest BCUT2D eigenvalue weighted by Gasteiger charge is 2.49. The molecule has 34 heavy (non-hydrogen) atoms. The first-order valence-corrected chi connectivity index (χ1v) is 11.7. The number of rotatable bonds is 6. The molecule has 1 aliphatic carbocycles. The molecule has 1 atom stereocenters. The lowest BCUT2D eigenvalue weighted by molar-refractivity contribution is -0.134. The predicted octanol–water partition coefficient (Wildman–Crippen LogP) is 2.79. The lowest BCUT2D eigenvalue weighted by Crippen LogP contribution is -2.64. The minimum Gasteiger partial charge on any atom is -0.496 e. The van der Waals surface area contributed by atoms with Crippen LogP contribution in [0.1, 0.15) is 66.1 Å². The van der Waals surface area contributed by atoms with Crippen molar-refractivity contribution in [2.45, 2.75) is 64.2 Å². The van der Waals surface area contributed by atoms with Gasteiger partial charge in [0.25, 0.3) is 5.91 Å². The van der Waals surface area contributed by atoms with E-state index in [0.29, 0.717) is 11.7 Å². The first-order chi connectivity index (χ1) is 16.3. The number of carbonyl (C=O) groups excluding carboxylic acids is 3. The van der Waals surface area contributed by atoms with Gasteiger partial charge in [-0.15, -0.1) is 0 Å². The lowest BCUT2D eigenvalue weighted by Gasteiger charge is -2.44. The number of nitrogens with one attached hydrogen (secondary N) is 1. The SMILES string of the molecule is COC(=O)c1cc2n(n1)CC(C)(C(=O)NC1CCC(C)CC1)N(Cc1ccccc1OC)C2=O. The summed E-state index contributed by atoms with van der Waals surface area (Å²) in [5, 5.41) is 7.46. The number of methoxy groups -OCH3 is 2. The van der Waals surface area contributed by atoms with Crippen LogP contribution in [0.3, 0.4) is 0 Å². The van der Waals surface area contributed by atoms with Crippen molar-refractivity contribution in [2.24, 2.45) is 5.92 Å². The molecule has 0 bridgehead atoms. The van der Waals surface area contributed by atoms with Gasteiger partial charge in [0, 0.05) is 17.7 Å². The van der Waals surface area contributed by atoms with Crippen molar-refractivity contribution in [2.75, 3.05) is 14.2 Å². The lowest BCUT2D eigenvalue weighted by atomic mass is 9.86. The van der Waals surface area contributed by atoms with Crippen molar-refractivity contribution in [3.8, 4) is 5.75 Å². The minimum atomic E-state index is -1.21. The molecule has 9 nitrogen and oxygen atoms in total. The number of ether oxygens (including phenoxy) is 2. The summed E-state index contributed by atoms with van der Waals surface area (Å²) in [6.45, 7) is 4.28.